The van der Waals surface area contributed by atoms with Crippen molar-refractivity contribution in [3.63, 3.8) is 0 Å². The molecular formula is C14H10NY-. The van der Waals surface area contributed by atoms with Crippen molar-refractivity contribution in [2.24, 2.45) is 4.99 Å². The Morgan fingerprint density at radius 2 is 1.81 bits per heavy atom. The van der Waals surface area contributed by atoms with Gasteiger partial charge in [-0.15, -0.1) is 35.9 Å². The average Bonchev–Trinajstić information content (AvgIpc) is 2.74. The number of hydrogen-bond acceptors (Lipinski definition) is 1. The zero-order valence-corrected chi connectivity index (χ0v) is 11.7. The molecule has 0 saturated heterocycles. The smallest absolute Gasteiger partial charge is 0.0538 e. The first-order valence-corrected chi connectivity index (χ1v) is 5.05. The first kappa shape index (κ1) is 11.7. The molecule has 1 radical (unpaired) electrons. The minimum absolute atomic E-state index is 0. The number of nitrogens with zero attached hydrogens (tertiary/aromatic N) is 1. The fourth-order valence-corrected chi connectivity index (χ4v) is 1.91. The zero-order valence-electron chi connectivity index (χ0n) is 8.85. The first-order chi connectivity index (χ1) is 7.45. The monoisotopic (exact) mass is 281 g/mol. The van der Waals surface area contributed by atoms with Gasteiger partial charge in [0.25, 0.3) is 0 Å². The van der Waals surface area contributed by atoms with Gasteiger partial charge in [-0.2, -0.15) is 0 Å². The molecule has 2 aromatic carbocycles. The van der Waals surface area contributed by atoms with Crippen LogP contribution in [0.25, 0.3) is 0 Å². The van der Waals surface area contributed by atoms with E-state index in [2.05, 4.69) is 41.4 Å². The molecule has 0 amide bonds. The molecule has 0 unspecified atom stereocenters. The van der Waals surface area contributed by atoms with Crippen LogP contribution in [-0.2, 0) is 39.3 Å². The molecule has 0 saturated carbocycles. The van der Waals surface area contributed by atoms with Crippen LogP contribution in [0.15, 0.2) is 53.5 Å². The van der Waals surface area contributed by atoms with Crippen molar-refractivity contribution in [2.45, 2.75) is 6.54 Å². The van der Waals surface area contributed by atoms with Crippen molar-refractivity contribution in [3.8, 4) is 0 Å². The second-order valence-electron chi connectivity index (χ2n) is 3.60. The van der Waals surface area contributed by atoms with E-state index in [9.17, 15) is 0 Å². The maximum Gasteiger partial charge on any atom is 0.0538 e. The number of rotatable bonds is 1. The summed E-state index contributed by atoms with van der Waals surface area (Å²) >= 11 is 0. The molecule has 2 aromatic rings. The molecule has 0 aliphatic carbocycles. The van der Waals surface area contributed by atoms with Crippen LogP contribution in [0.5, 0.6) is 0 Å². The largest absolute Gasteiger partial charge is 0.328 e. The molecule has 0 atom stereocenters. The number of hydrogen-bond donors (Lipinski definition) is 0. The Labute approximate surface area is 120 Å². The standard InChI is InChI=1S/C14H10N.Y/c1-2-6-11(7-3-1)14-13-9-5-4-8-12(13)10-15-14;/h1-6,8-9H,10H2;/q-1;. The normalized spacial score (nSPS) is 12.6. The summed E-state index contributed by atoms with van der Waals surface area (Å²) in [5, 5.41) is 0. The average molecular weight is 281 g/mol. The summed E-state index contributed by atoms with van der Waals surface area (Å²) in [4.78, 5) is 4.56. The Morgan fingerprint density at radius 1 is 1.00 bits per heavy atom. The minimum atomic E-state index is 0. The minimum Gasteiger partial charge on any atom is -0.328 e. The van der Waals surface area contributed by atoms with E-state index in [0.717, 1.165) is 17.8 Å². The van der Waals surface area contributed by atoms with Crippen LogP contribution in [0.1, 0.15) is 16.7 Å². The molecular weight excluding hydrogens is 271 g/mol. The van der Waals surface area contributed by atoms with Crippen LogP contribution in [0.2, 0.25) is 0 Å². The molecule has 0 bridgehead atoms. The fourth-order valence-electron chi connectivity index (χ4n) is 1.91. The van der Waals surface area contributed by atoms with E-state index < -0.39 is 0 Å². The summed E-state index contributed by atoms with van der Waals surface area (Å²) in [6, 6.07) is 19.6. The van der Waals surface area contributed by atoms with Crippen molar-refractivity contribution < 1.29 is 32.7 Å². The van der Waals surface area contributed by atoms with Gasteiger partial charge in [0.15, 0.2) is 0 Å². The van der Waals surface area contributed by atoms with Gasteiger partial charge in [-0.3, -0.25) is 0 Å². The van der Waals surface area contributed by atoms with Crippen molar-refractivity contribution in [3.05, 3.63) is 71.3 Å². The van der Waals surface area contributed by atoms with Crippen molar-refractivity contribution in [1.82, 2.24) is 0 Å². The van der Waals surface area contributed by atoms with Gasteiger partial charge in [0, 0.05) is 32.7 Å². The Morgan fingerprint density at radius 3 is 2.62 bits per heavy atom. The van der Waals surface area contributed by atoms with Crippen LogP contribution in [0.3, 0.4) is 0 Å². The quantitative estimate of drug-likeness (QED) is 0.713. The van der Waals surface area contributed by atoms with Crippen LogP contribution < -0.4 is 0 Å². The maximum atomic E-state index is 4.56. The second kappa shape index (κ2) is 5.03. The molecule has 16 heavy (non-hydrogen) atoms. The first-order valence-electron chi connectivity index (χ1n) is 5.05. The molecule has 1 aliphatic heterocycles. The molecule has 0 fully saturated rings. The second-order valence-corrected chi connectivity index (χ2v) is 3.60. The van der Waals surface area contributed by atoms with Gasteiger partial charge in [-0.25, -0.2) is 0 Å². The van der Waals surface area contributed by atoms with E-state index in [1.807, 2.05) is 18.2 Å². The van der Waals surface area contributed by atoms with E-state index in [4.69, 9.17) is 0 Å². The van der Waals surface area contributed by atoms with Gasteiger partial charge in [-0.1, -0.05) is 24.3 Å². The third-order valence-electron chi connectivity index (χ3n) is 2.64. The van der Waals surface area contributed by atoms with Crippen molar-refractivity contribution in [1.29, 1.82) is 0 Å². The van der Waals surface area contributed by atoms with Gasteiger partial charge in [-0.05, 0) is 16.8 Å². The molecule has 2 heteroatoms. The Bertz CT molecular complexity index is 517. The van der Waals surface area contributed by atoms with Gasteiger partial charge in [0.05, 0.1) is 6.54 Å². The topological polar surface area (TPSA) is 12.4 Å². The van der Waals surface area contributed by atoms with Gasteiger partial charge in [0.2, 0.25) is 0 Å². The Hall–Kier alpha value is -0.786. The van der Waals surface area contributed by atoms with Gasteiger partial charge in [0.1, 0.15) is 0 Å². The molecule has 75 valence electrons. The van der Waals surface area contributed by atoms with Gasteiger partial charge < -0.3 is 4.99 Å². The number of fused-ring (bicyclic) bond motifs is 1. The molecule has 3 rings (SSSR count). The fraction of sp³-hybridized carbons (Fsp3) is 0.0714. The van der Waals surface area contributed by atoms with Crippen molar-refractivity contribution >= 4 is 5.71 Å². The third-order valence-corrected chi connectivity index (χ3v) is 2.64. The predicted molar refractivity (Wildman–Crippen MR) is 61.1 cm³/mol. The summed E-state index contributed by atoms with van der Waals surface area (Å²) in [6.45, 7) is 0.800. The molecule has 0 N–H and O–H groups in total. The van der Waals surface area contributed by atoms with Crippen LogP contribution in [0.4, 0.5) is 0 Å². The van der Waals surface area contributed by atoms with Crippen LogP contribution >= 0.6 is 0 Å². The van der Waals surface area contributed by atoms with E-state index >= 15 is 0 Å². The Kier molecular flexibility index (Phi) is 3.68. The summed E-state index contributed by atoms with van der Waals surface area (Å²) in [5.74, 6) is 0. The van der Waals surface area contributed by atoms with Crippen molar-refractivity contribution in [2.75, 3.05) is 0 Å². The Balaban J connectivity index is 0.000000963. The molecule has 1 aliphatic rings. The zero-order chi connectivity index (χ0) is 10.1. The molecule has 1 heterocycles. The summed E-state index contributed by atoms with van der Waals surface area (Å²) in [6.07, 6.45) is 0. The van der Waals surface area contributed by atoms with E-state index in [1.165, 1.54) is 11.1 Å². The predicted octanol–water partition coefficient (Wildman–Crippen LogP) is 2.84. The SMILES string of the molecule is [Y].[c-]1ccccc1C1=NCc2ccccc21. The maximum absolute atomic E-state index is 4.56. The number of aliphatic imine (C=N–C) groups is 1. The van der Waals surface area contributed by atoms with E-state index in [-0.39, 0.29) is 32.7 Å². The third kappa shape index (κ3) is 2.02. The van der Waals surface area contributed by atoms with E-state index in [1.54, 1.807) is 0 Å². The van der Waals surface area contributed by atoms with E-state index in [0.29, 0.717) is 0 Å². The summed E-state index contributed by atoms with van der Waals surface area (Å²) in [7, 11) is 0. The number of benzene rings is 2. The van der Waals surface area contributed by atoms with Gasteiger partial charge >= 0.3 is 0 Å². The molecule has 1 nitrogen and oxygen atoms in total. The molecule has 0 spiro atoms. The summed E-state index contributed by atoms with van der Waals surface area (Å²) in [5.41, 5.74) is 4.72. The van der Waals surface area contributed by atoms with Crippen LogP contribution in [0, 0.1) is 6.07 Å². The molecule has 0 aromatic heterocycles. The van der Waals surface area contributed by atoms with Crippen LogP contribution in [-0.4, -0.2) is 5.71 Å². The summed E-state index contributed by atoms with van der Waals surface area (Å²) < 4.78 is 0.